The van der Waals surface area contributed by atoms with Crippen molar-refractivity contribution in [2.24, 2.45) is 0 Å². The number of benzene rings is 1. The van der Waals surface area contributed by atoms with Crippen molar-refractivity contribution in [3.63, 3.8) is 0 Å². The topological polar surface area (TPSA) is 41.1 Å². The first-order chi connectivity index (χ1) is 7.54. The molecule has 0 bridgehead atoms. The van der Waals surface area contributed by atoms with Gasteiger partial charge in [0, 0.05) is 16.7 Å². The third-order valence-electron chi connectivity index (χ3n) is 2.05. The largest absolute Gasteiger partial charge is 0.373 e. The van der Waals surface area contributed by atoms with E-state index in [-0.39, 0.29) is 17.8 Å². The summed E-state index contributed by atoms with van der Waals surface area (Å²) in [7, 11) is 0. The van der Waals surface area contributed by atoms with Gasteiger partial charge >= 0.3 is 0 Å². The molecule has 0 saturated carbocycles. The number of likely N-dealkylation sites (N-methyl/N-ethyl adjacent to an activating group) is 1. The number of amides is 1. The number of rotatable bonds is 4. The third-order valence-corrected chi connectivity index (χ3v) is 2.70. The summed E-state index contributed by atoms with van der Waals surface area (Å²) in [6, 6.07) is 3.93. The van der Waals surface area contributed by atoms with E-state index >= 15 is 0 Å². The van der Waals surface area contributed by atoms with Gasteiger partial charge in [-0.2, -0.15) is 0 Å². The lowest BCUT2D eigenvalue weighted by atomic mass is 10.2. The van der Waals surface area contributed by atoms with Crippen molar-refractivity contribution in [3.8, 4) is 0 Å². The van der Waals surface area contributed by atoms with Crippen LogP contribution in [0.25, 0.3) is 0 Å². The van der Waals surface area contributed by atoms with E-state index in [0.717, 1.165) is 0 Å². The molecule has 1 unspecified atom stereocenters. The molecule has 1 amide bonds. The van der Waals surface area contributed by atoms with E-state index in [1.165, 1.54) is 12.1 Å². The molecule has 0 heterocycles. The fraction of sp³-hybridized carbons (Fsp3) is 0.364. The smallest absolute Gasteiger partial charge is 0.242 e. The molecule has 1 atom stereocenters. The summed E-state index contributed by atoms with van der Waals surface area (Å²) in [5.41, 5.74) is 0.695. The lowest BCUT2D eigenvalue weighted by molar-refractivity contribution is -0.121. The summed E-state index contributed by atoms with van der Waals surface area (Å²) in [4.78, 5) is 11.5. The molecule has 3 nitrogen and oxygen atoms in total. The average molecular weight is 289 g/mol. The minimum Gasteiger partial charge on any atom is -0.373 e. The molecule has 1 aromatic rings. The number of carbonyl (C=O) groups is 1. The van der Waals surface area contributed by atoms with Crippen LogP contribution in [0.3, 0.4) is 0 Å². The zero-order chi connectivity index (χ0) is 12.1. The summed E-state index contributed by atoms with van der Waals surface area (Å²) in [5.74, 6) is -0.401. The third kappa shape index (κ3) is 3.48. The Morgan fingerprint density at radius 2 is 2.25 bits per heavy atom. The van der Waals surface area contributed by atoms with Crippen molar-refractivity contribution in [3.05, 3.63) is 28.5 Å². The quantitative estimate of drug-likeness (QED) is 0.894. The molecule has 88 valence electrons. The fourth-order valence-corrected chi connectivity index (χ4v) is 1.70. The Hall–Kier alpha value is -1.10. The first kappa shape index (κ1) is 13.0. The van der Waals surface area contributed by atoms with Crippen LogP contribution in [0.5, 0.6) is 0 Å². The van der Waals surface area contributed by atoms with Crippen LogP contribution in [-0.2, 0) is 4.79 Å². The minimum absolute atomic E-state index is 0.0845. The van der Waals surface area contributed by atoms with Crippen LogP contribution in [-0.4, -0.2) is 18.5 Å². The van der Waals surface area contributed by atoms with E-state index in [1.54, 1.807) is 13.0 Å². The Morgan fingerprint density at radius 1 is 1.56 bits per heavy atom. The molecule has 5 heteroatoms. The molecule has 0 aliphatic heterocycles. The highest BCUT2D eigenvalue weighted by molar-refractivity contribution is 9.10. The monoisotopic (exact) mass is 288 g/mol. The van der Waals surface area contributed by atoms with Crippen LogP contribution in [0.2, 0.25) is 0 Å². The van der Waals surface area contributed by atoms with Crippen molar-refractivity contribution < 1.29 is 9.18 Å². The van der Waals surface area contributed by atoms with Crippen LogP contribution in [0.1, 0.15) is 13.8 Å². The molecule has 2 N–H and O–H groups in total. The highest BCUT2D eigenvalue weighted by atomic mass is 79.9. The standard InChI is InChI=1S/C11H14BrFN2O/c1-3-14-11(16)7(2)15-10-5-4-8(13)6-9(10)12/h4-7,15H,3H2,1-2H3,(H,14,16). The van der Waals surface area contributed by atoms with E-state index in [2.05, 4.69) is 26.6 Å². The van der Waals surface area contributed by atoms with Crippen molar-refractivity contribution in [1.82, 2.24) is 5.32 Å². The van der Waals surface area contributed by atoms with Crippen molar-refractivity contribution in [2.45, 2.75) is 19.9 Å². The predicted molar refractivity (Wildman–Crippen MR) is 65.9 cm³/mol. The maximum Gasteiger partial charge on any atom is 0.242 e. The molecule has 16 heavy (non-hydrogen) atoms. The SMILES string of the molecule is CCNC(=O)C(C)Nc1ccc(F)cc1Br. The Labute approximate surface area is 103 Å². The molecule has 0 saturated heterocycles. The molecular formula is C11H14BrFN2O. The van der Waals surface area contributed by atoms with Gasteiger partial charge in [0.05, 0.1) is 0 Å². The van der Waals surface area contributed by atoms with Gasteiger partial charge in [-0.3, -0.25) is 4.79 Å². The van der Waals surface area contributed by atoms with Crippen LogP contribution < -0.4 is 10.6 Å². The Bertz CT molecular complexity index is 384. The highest BCUT2D eigenvalue weighted by Gasteiger charge is 2.12. The van der Waals surface area contributed by atoms with Gasteiger partial charge < -0.3 is 10.6 Å². The Balaban J connectivity index is 2.69. The summed E-state index contributed by atoms with van der Waals surface area (Å²) in [6.07, 6.45) is 0. The molecule has 0 fully saturated rings. The van der Waals surface area contributed by atoms with E-state index in [0.29, 0.717) is 16.7 Å². The number of halogens is 2. The van der Waals surface area contributed by atoms with Gasteiger partial charge in [0.15, 0.2) is 0 Å². The maximum atomic E-state index is 12.8. The number of hydrogen-bond acceptors (Lipinski definition) is 2. The summed E-state index contributed by atoms with van der Waals surface area (Å²) < 4.78 is 13.4. The van der Waals surface area contributed by atoms with Gasteiger partial charge in [0.25, 0.3) is 0 Å². The van der Waals surface area contributed by atoms with Crippen molar-refractivity contribution in [2.75, 3.05) is 11.9 Å². The lowest BCUT2D eigenvalue weighted by Crippen LogP contribution is -2.37. The maximum absolute atomic E-state index is 12.8. The van der Waals surface area contributed by atoms with Gasteiger partial charge in [0.1, 0.15) is 11.9 Å². The average Bonchev–Trinajstić information content (AvgIpc) is 2.22. The second-order valence-electron chi connectivity index (χ2n) is 3.38. The summed E-state index contributed by atoms with van der Waals surface area (Å²) in [6.45, 7) is 4.20. The van der Waals surface area contributed by atoms with Crippen LogP contribution >= 0.6 is 15.9 Å². The molecule has 1 aromatic carbocycles. The van der Waals surface area contributed by atoms with Crippen LogP contribution in [0.4, 0.5) is 10.1 Å². The van der Waals surface area contributed by atoms with Gasteiger partial charge in [-0.15, -0.1) is 0 Å². The number of carbonyl (C=O) groups excluding carboxylic acids is 1. The lowest BCUT2D eigenvalue weighted by Gasteiger charge is -2.15. The van der Waals surface area contributed by atoms with Gasteiger partial charge in [-0.25, -0.2) is 4.39 Å². The zero-order valence-corrected chi connectivity index (χ0v) is 10.8. The number of anilines is 1. The molecule has 1 rings (SSSR count). The molecular weight excluding hydrogens is 275 g/mol. The predicted octanol–water partition coefficient (Wildman–Crippen LogP) is 2.52. The Kier molecular flexibility index (Phi) is 4.73. The molecule has 0 aliphatic carbocycles. The second kappa shape index (κ2) is 5.84. The van der Waals surface area contributed by atoms with E-state index in [1.807, 2.05) is 6.92 Å². The van der Waals surface area contributed by atoms with E-state index in [9.17, 15) is 9.18 Å². The minimum atomic E-state index is -0.360. The normalized spacial score (nSPS) is 12.0. The molecule has 0 spiro atoms. The Morgan fingerprint density at radius 3 is 2.81 bits per heavy atom. The van der Waals surface area contributed by atoms with Crippen LogP contribution in [0, 0.1) is 5.82 Å². The van der Waals surface area contributed by atoms with E-state index < -0.39 is 0 Å². The number of hydrogen-bond donors (Lipinski definition) is 2. The number of nitrogens with one attached hydrogen (secondary N) is 2. The molecule has 0 radical (unpaired) electrons. The molecule has 0 aromatic heterocycles. The van der Waals surface area contributed by atoms with E-state index in [4.69, 9.17) is 0 Å². The molecule has 0 aliphatic rings. The van der Waals surface area contributed by atoms with Gasteiger partial charge in [-0.1, -0.05) is 0 Å². The summed E-state index contributed by atoms with van der Waals surface area (Å²) >= 11 is 3.23. The second-order valence-corrected chi connectivity index (χ2v) is 4.24. The van der Waals surface area contributed by atoms with Crippen LogP contribution in [0.15, 0.2) is 22.7 Å². The van der Waals surface area contributed by atoms with Crippen molar-refractivity contribution >= 4 is 27.5 Å². The first-order valence-electron chi connectivity index (χ1n) is 5.04. The zero-order valence-electron chi connectivity index (χ0n) is 9.18. The highest BCUT2D eigenvalue weighted by Crippen LogP contribution is 2.23. The summed E-state index contributed by atoms with van der Waals surface area (Å²) in [5, 5.41) is 5.70. The first-order valence-corrected chi connectivity index (χ1v) is 5.83. The van der Waals surface area contributed by atoms with Crippen molar-refractivity contribution in [1.29, 1.82) is 0 Å². The fourth-order valence-electron chi connectivity index (χ4n) is 1.23. The van der Waals surface area contributed by atoms with Gasteiger partial charge in [-0.05, 0) is 48.0 Å². The van der Waals surface area contributed by atoms with Gasteiger partial charge in [0.2, 0.25) is 5.91 Å².